The topological polar surface area (TPSA) is 51.6 Å². The van der Waals surface area contributed by atoms with E-state index < -0.39 is 0 Å². The van der Waals surface area contributed by atoms with Crippen LogP contribution in [0.5, 0.6) is 0 Å². The molecule has 0 aliphatic heterocycles. The first-order valence-electron chi connectivity index (χ1n) is 4.72. The van der Waals surface area contributed by atoms with Crippen molar-refractivity contribution in [2.45, 2.75) is 13.3 Å². The molecule has 0 bridgehead atoms. The summed E-state index contributed by atoms with van der Waals surface area (Å²) in [4.78, 5) is 16.3. The van der Waals surface area contributed by atoms with E-state index >= 15 is 0 Å². The molecule has 0 aliphatic carbocycles. The van der Waals surface area contributed by atoms with Crippen LogP contribution in [0.3, 0.4) is 0 Å². The van der Waals surface area contributed by atoms with Crippen LogP contribution in [0, 0.1) is 6.92 Å². The second kappa shape index (κ2) is 5.12. The third kappa shape index (κ3) is 3.49. The van der Waals surface area contributed by atoms with E-state index in [1.807, 2.05) is 0 Å². The van der Waals surface area contributed by atoms with Crippen molar-refractivity contribution in [3.63, 3.8) is 0 Å². The zero-order valence-electron chi connectivity index (χ0n) is 8.78. The van der Waals surface area contributed by atoms with Crippen LogP contribution in [0.2, 0.25) is 15.5 Å². The number of nitrogens with zero attached hydrogens (tertiary/aromatic N) is 4. The highest BCUT2D eigenvalue weighted by Gasteiger charge is 2.06. The van der Waals surface area contributed by atoms with Gasteiger partial charge < -0.3 is 0 Å². The Labute approximate surface area is 113 Å². The summed E-state index contributed by atoms with van der Waals surface area (Å²) in [5, 5.41) is 0.995. The highest BCUT2D eigenvalue weighted by Crippen LogP contribution is 2.15. The lowest BCUT2D eigenvalue weighted by Gasteiger charge is -2.02. The van der Waals surface area contributed by atoms with Crippen molar-refractivity contribution in [1.29, 1.82) is 0 Å². The average Bonchev–Trinajstić information content (AvgIpc) is 2.13. The third-order valence-electron chi connectivity index (χ3n) is 1.91. The zero-order valence-corrected chi connectivity index (χ0v) is 11.1. The van der Waals surface area contributed by atoms with Crippen LogP contribution in [0.4, 0.5) is 0 Å². The van der Waals surface area contributed by atoms with Crippen molar-refractivity contribution >= 4 is 34.8 Å². The molecule has 4 nitrogen and oxygen atoms in total. The lowest BCUT2D eigenvalue weighted by molar-refractivity contribution is 0.904. The molecule has 0 N–H and O–H groups in total. The zero-order chi connectivity index (χ0) is 12.4. The van der Waals surface area contributed by atoms with Crippen LogP contribution in [-0.2, 0) is 6.42 Å². The molecule has 2 aromatic heterocycles. The molecule has 0 aliphatic rings. The Morgan fingerprint density at radius 3 is 2.06 bits per heavy atom. The van der Waals surface area contributed by atoms with Crippen LogP contribution in [0.25, 0.3) is 0 Å². The quantitative estimate of drug-likeness (QED) is 0.797. The molecule has 0 radical (unpaired) electrons. The maximum Gasteiger partial charge on any atom is 0.137 e. The number of hydrogen-bond acceptors (Lipinski definition) is 4. The van der Waals surface area contributed by atoms with Gasteiger partial charge in [-0.2, -0.15) is 0 Å². The van der Waals surface area contributed by atoms with Crippen molar-refractivity contribution in [3.05, 3.63) is 44.9 Å². The Hall–Kier alpha value is -0.970. The Morgan fingerprint density at radius 1 is 0.882 bits per heavy atom. The van der Waals surface area contributed by atoms with E-state index in [4.69, 9.17) is 34.8 Å². The van der Waals surface area contributed by atoms with Crippen molar-refractivity contribution in [1.82, 2.24) is 19.9 Å². The molecule has 2 heterocycles. The predicted octanol–water partition coefficient (Wildman–Crippen LogP) is 3.13. The molecule has 0 fully saturated rings. The first-order chi connectivity index (χ1) is 8.02. The Bertz CT molecular complexity index is 469. The standard InChI is InChI=1S/C10H7Cl3N4/c1-5-14-6(2-7(11)15-5)3-10-16-8(12)4-9(13)17-10/h2,4H,3H2,1H3. The van der Waals surface area contributed by atoms with Crippen molar-refractivity contribution in [2.24, 2.45) is 0 Å². The molecule has 2 rings (SSSR count). The van der Waals surface area contributed by atoms with Crippen LogP contribution in [0.1, 0.15) is 17.3 Å². The van der Waals surface area contributed by atoms with Crippen LogP contribution >= 0.6 is 34.8 Å². The van der Waals surface area contributed by atoms with E-state index in [0.29, 0.717) is 33.5 Å². The smallest absolute Gasteiger partial charge is 0.137 e. The minimum absolute atomic E-state index is 0.303. The van der Waals surface area contributed by atoms with Gasteiger partial charge in [0.05, 0.1) is 12.1 Å². The molecule has 17 heavy (non-hydrogen) atoms. The van der Waals surface area contributed by atoms with Crippen LogP contribution < -0.4 is 0 Å². The van der Waals surface area contributed by atoms with Crippen LogP contribution in [-0.4, -0.2) is 19.9 Å². The Kier molecular flexibility index (Phi) is 3.76. The lowest BCUT2D eigenvalue weighted by atomic mass is 10.3. The summed E-state index contributed by atoms with van der Waals surface area (Å²) >= 11 is 17.4. The maximum absolute atomic E-state index is 5.83. The highest BCUT2D eigenvalue weighted by atomic mass is 35.5. The molecule has 0 unspecified atom stereocenters. The monoisotopic (exact) mass is 288 g/mol. The minimum atomic E-state index is 0.303. The van der Waals surface area contributed by atoms with Gasteiger partial charge in [-0.3, -0.25) is 0 Å². The average molecular weight is 290 g/mol. The van der Waals surface area contributed by atoms with Gasteiger partial charge in [-0.1, -0.05) is 34.8 Å². The van der Waals surface area contributed by atoms with Gasteiger partial charge in [0.1, 0.15) is 27.1 Å². The first-order valence-corrected chi connectivity index (χ1v) is 5.85. The van der Waals surface area contributed by atoms with Crippen molar-refractivity contribution in [2.75, 3.05) is 0 Å². The molecule has 2 aromatic rings. The fourth-order valence-electron chi connectivity index (χ4n) is 1.36. The van der Waals surface area contributed by atoms with E-state index in [1.165, 1.54) is 6.07 Å². The molecule has 0 amide bonds. The van der Waals surface area contributed by atoms with Gasteiger partial charge in [-0.25, -0.2) is 19.9 Å². The van der Waals surface area contributed by atoms with Gasteiger partial charge in [0.15, 0.2) is 0 Å². The molecule has 0 aromatic carbocycles. The van der Waals surface area contributed by atoms with E-state index in [-0.39, 0.29) is 0 Å². The fraction of sp³-hybridized carbons (Fsp3) is 0.200. The van der Waals surface area contributed by atoms with Gasteiger partial charge in [0.25, 0.3) is 0 Å². The second-order valence-corrected chi connectivity index (χ2v) is 4.50. The Morgan fingerprint density at radius 2 is 1.47 bits per heavy atom. The largest absolute Gasteiger partial charge is 0.238 e. The third-order valence-corrected chi connectivity index (χ3v) is 2.49. The predicted molar refractivity (Wildman–Crippen MR) is 66.6 cm³/mol. The van der Waals surface area contributed by atoms with Crippen molar-refractivity contribution < 1.29 is 0 Å². The van der Waals surface area contributed by atoms with E-state index in [0.717, 1.165) is 5.69 Å². The van der Waals surface area contributed by atoms with E-state index in [2.05, 4.69) is 19.9 Å². The molecule has 0 saturated heterocycles. The van der Waals surface area contributed by atoms with Crippen molar-refractivity contribution in [3.8, 4) is 0 Å². The summed E-state index contributed by atoms with van der Waals surface area (Å²) in [6, 6.07) is 3.14. The molecule has 0 saturated carbocycles. The summed E-state index contributed by atoms with van der Waals surface area (Å²) < 4.78 is 0. The summed E-state index contributed by atoms with van der Waals surface area (Å²) in [7, 11) is 0. The molecule has 88 valence electrons. The molecular formula is C10H7Cl3N4. The summed E-state index contributed by atoms with van der Waals surface area (Å²) in [6.07, 6.45) is 0.406. The molecule has 0 spiro atoms. The molecule has 7 heteroatoms. The summed E-state index contributed by atoms with van der Waals surface area (Å²) in [6.45, 7) is 1.77. The fourth-order valence-corrected chi connectivity index (χ4v) is 2.06. The van der Waals surface area contributed by atoms with Gasteiger partial charge in [0, 0.05) is 6.07 Å². The molecule has 0 atom stereocenters. The Balaban J connectivity index is 2.31. The number of halogens is 3. The first kappa shape index (κ1) is 12.5. The highest BCUT2D eigenvalue weighted by molar-refractivity contribution is 6.33. The van der Waals surface area contributed by atoms with Gasteiger partial charge >= 0.3 is 0 Å². The van der Waals surface area contributed by atoms with Crippen LogP contribution in [0.15, 0.2) is 12.1 Å². The maximum atomic E-state index is 5.83. The minimum Gasteiger partial charge on any atom is -0.238 e. The van der Waals surface area contributed by atoms with E-state index in [9.17, 15) is 0 Å². The SMILES string of the molecule is Cc1nc(Cl)cc(Cc2nc(Cl)cc(Cl)n2)n1. The second-order valence-electron chi connectivity index (χ2n) is 3.34. The summed E-state index contributed by atoms with van der Waals surface area (Å²) in [5.41, 5.74) is 0.723. The number of rotatable bonds is 2. The van der Waals surface area contributed by atoms with Gasteiger partial charge in [-0.15, -0.1) is 0 Å². The molecular weight excluding hydrogens is 282 g/mol. The number of aryl methyl sites for hydroxylation is 1. The number of hydrogen-bond donors (Lipinski definition) is 0. The van der Waals surface area contributed by atoms with Gasteiger partial charge in [-0.05, 0) is 13.0 Å². The normalized spacial score (nSPS) is 10.6. The number of aromatic nitrogens is 4. The summed E-state index contributed by atoms with van der Waals surface area (Å²) in [5.74, 6) is 1.09. The van der Waals surface area contributed by atoms with Gasteiger partial charge in [0.2, 0.25) is 0 Å². The lowest BCUT2D eigenvalue weighted by Crippen LogP contribution is -2.01. The van der Waals surface area contributed by atoms with E-state index in [1.54, 1.807) is 13.0 Å².